The molecule has 3 rings (SSSR count). The number of carbonyl (C=O) groups excluding carboxylic acids is 1. The molecule has 0 aliphatic carbocycles. The van der Waals surface area contributed by atoms with Gasteiger partial charge in [0.25, 0.3) is 0 Å². The average molecular weight is 343 g/mol. The van der Waals surface area contributed by atoms with Crippen LogP contribution in [0.1, 0.15) is 17.5 Å². The summed E-state index contributed by atoms with van der Waals surface area (Å²) in [6.07, 6.45) is 2.77. The molecule has 1 aliphatic heterocycles. The Morgan fingerprint density at radius 2 is 2.04 bits per heavy atom. The summed E-state index contributed by atoms with van der Waals surface area (Å²) in [4.78, 5) is 18.6. The molecule has 1 amide bonds. The van der Waals surface area contributed by atoms with Crippen molar-refractivity contribution >= 4 is 11.7 Å². The number of halogens is 1. The van der Waals surface area contributed by atoms with Gasteiger partial charge in [-0.15, -0.1) is 0 Å². The van der Waals surface area contributed by atoms with Gasteiger partial charge in [0.05, 0.1) is 13.2 Å². The predicted octanol–water partition coefficient (Wildman–Crippen LogP) is 2.31. The van der Waals surface area contributed by atoms with Crippen LogP contribution in [0.3, 0.4) is 0 Å². The highest BCUT2D eigenvalue weighted by molar-refractivity contribution is 5.76. The number of nitrogens with zero attached hydrogens (tertiary/aromatic N) is 2. The largest absolute Gasteiger partial charge is 0.378 e. The van der Waals surface area contributed by atoms with E-state index in [9.17, 15) is 9.18 Å². The number of nitrogens with one attached hydrogen (secondary N) is 1. The van der Waals surface area contributed by atoms with Crippen molar-refractivity contribution in [2.24, 2.45) is 0 Å². The molecule has 1 saturated heterocycles. The van der Waals surface area contributed by atoms with Crippen LogP contribution >= 0.6 is 0 Å². The zero-order valence-electron chi connectivity index (χ0n) is 14.1. The molecule has 0 radical (unpaired) electrons. The highest BCUT2D eigenvalue weighted by atomic mass is 19.1. The molecule has 1 N–H and O–H groups in total. The summed E-state index contributed by atoms with van der Waals surface area (Å²) in [7, 11) is 0. The minimum atomic E-state index is -0.299. The van der Waals surface area contributed by atoms with E-state index in [-0.39, 0.29) is 18.3 Å². The number of morpholine rings is 1. The van der Waals surface area contributed by atoms with Crippen LogP contribution in [0.15, 0.2) is 42.6 Å². The number of carbonyl (C=O) groups is 1. The first-order valence-corrected chi connectivity index (χ1v) is 8.50. The number of hydrogen-bond donors (Lipinski definition) is 1. The summed E-state index contributed by atoms with van der Waals surface area (Å²) in [6, 6.07) is 10.4. The monoisotopic (exact) mass is 343 g/mol. The molecule has 0 bridgehead atoms. The smallest absolute Gasteiger partial charge is 0.220 e. The van der Waals surface area contributed by atoms with Gasteiger partial charge in [-0.1, -0.05) is 18.2 Å². The summed E-state index contributed by atoms with van der Waals surface area (Å²) in [5.74, 6) is 0.535. The number of hydrogen-bond acceptors (Lipinski definition) is 4. The van der Waals surface area contributed by atoms with E-state index >= 15 is 0 Å². The third-order valence-corrected chi connectivity index (χ3v) is 4.22. The Hall–Kier alpha value is -2.47. The number of rotatable bonds is 6. The quantitative estimate of drug-likeness (QED) is 0.874. The molecule has 1 fully saturated rings. The lowest BCUT2D eigenvalue weighted by Crippen LogP contribution is -2.36. The molecule has 1 aromatic heterocycles. The van der Waals surface area contributed by atoms with Crippen molar-refractivity contribution in [3.63, 3.8) is 0 Å². The Bertz CT molecular complexity index is 717. The second-order valence-corrected chi connectivity index (χ2v) is 5.99. The van der Waals surface area contributed by atoms with Gasteiger partial charge in [-0.25, -0.2) is 9.37 Å². The molecule has 6 heteroatoms. The molecule has 2 heterocycles. The van der Waals surface area contributed by atoms with Gasteiger partial charge in [-0.05, 0) is 30.2 Å². The van der Waals surface area contributed by atoms with E-state index in [1.54, 1.807) is 24.4 Å². The highest BCUT2D eigenvalue weighted by Gasteiger charge is 2.13. The molecule has 1 aliphatic rings. The van der Waals surface area contributed by atoms with Crippen molar-refractivity contribution in [2.45, 2.75) is 19.4 Å². The lowest BCUT2D eigenvalue weighted by atomic mass is 10.1. The Labute approximate surface area is 146 Å². The van der Waals surface area contributed by atoms with Crippen LogP contribution in [-0.2, 0) is 22.5 Å². The fourth-order valence-electron chi connectivity index (χ4n) is 2.76. The zero-order chi connectivity index (χ0) is 17.5. The number of amides is 1. The van der Waals surface area contributed by atoms with Crippen LogP contribution in [-0.4, -0.2) is 37.2 Å². The molecule has 1 aromatic carbocycles. The molecular formula is C19H22FN3O2. The molecule has 0 unspecified atom stereocenters. The van der Waals surface area contributed by atoms with Gasteiger partial charge in [-0.3, -0.25) is 4.79 Å². The zero-order valence-corrected chi connectivity index (χ0v) is 14.1. The Morgan fingerprint density at radius 3 is 2.84 bits per heavy atom. The van der Waals surface area contributed by atoms with Crippen molar-refractivity contribution in [2.75, 3.05) is 31.2 Å². The number of aryl methyl sites for hydroxylation is 1. The minimum absolute atomic E-state index is 0.0898. The summed E-state index contributed by atoms with van der Waals surface area (Å²) < 4.78 is 18.9. The molecule has 2 aromatic rings. The summed E-state index contributed by atoms with van der Waals surface area (Å²) in [5, 5.41) is 2.77. The maximum Gasteiger partial charge on any atom is 0.220 e. The Balaban J connectivity index is 1.49. The predicted molar refractivity (Wildman–Crippen MR) is 93.8 cm³/mol. The van der Waals surface area contributed by atoms with Gasteiger partial charge in [0.1, 0.15) is 11.6 Å². The third kappa shape index (κ3) is 5.00. The van der Waals surface area contributed by atoms with Gasteiger partial charge in [0.15, 0.2) is 0 Å². The molecule has 132 valence electrons. The molecule has 0 atom stereocenters. The normalized spacial score (nSPS) is 14.4. The third-order valence-electron chi connectivity index (χ3n) is 4.22. The maximum absolute atomic E-state index is 13.5. The standard InChI is InChI=1S/C19H22FN3O2/c20-17-4-2-1-3-16(17)14-22-19(24)6-5-15-7-8-21-18(13-15)23-9-11-25-12-10-23/h1-4,7-8,13H,5-6,9-12,14H2,(H,22,24). The fraction of sp³-hybridized carbons (Fsp3) is 0.368. The van der Waals surface area contributed by atoms with Gasteiger partial charge >= 0.3 is 0 Å². The van der Waals surface area contributed by atoms with E-state index in [1.165, 1.54) is 6.07 Å². The van der Waals surface area contributed by atoms with E-state index in [4.69, 9.17) is 4.74 Å². The second kappa shape index (κ2) is 8.58. The molecule has 5 nitrogen and oxygen atoms in total. The molecule has 0 saturated carbocycles. The first-order chi connectivity index (χ1) is 12.2. The second-order valence-electron chi connectivity index (χ2n) is 5.99. The first kappa shape index (κ1) is 17.4. The number of aromatic nitrogens is 1. The Kier molecular flexibility index (Phi) is 5.95. The van der Waals surface area contributed by atoms with Crippen molar-refractivity contribution < 1.29 is 13.9 Å². The van der Waals surface area contributed by atoms with Crippen LogP contribution < -0.4 is 10.2 Å². The van der Waals surface area contributed by atoms with Crippen LogP contribution in [0.5, 0.6) is 0 Å². The maximum atomic E-state index is 13.5. The molecule has 25 heavy (non-hydrogen) atoms. The van der Waals surface area contributed by atoms with E-state index in [0.717, 1.165) is 24.5 Å². The topological polar surface area (TPSA) is 54.5 Å². The van der Waals surface area contributed by atoms with Crippen molar-refractivity contribution in [1.82, 2.24) is 10.3 Å². The van der Waals surface area contributed by atoms with Crippen LogP contribution in [0, 0.1) is 5.82 Å². The average Bonchev–Trinajstić information content (AvgIpc) is 2.67. The van der Waals surface area contributed by atoms with Gasteiger partial charge < -0.3 is 15.0 Å². The van der Waals surface area contributed by atoms with E-state index in [2.05, 4.69) is 15.2 Å². The minimum Gasteiger partial charge on any atom is -0.378 e. The van der Waals surface area contributed by atoms with E-state index in [1.807, 2.05) is 12.1 Å². The fourth-order valence-corrected chi connectivity index (χ4v) is 2.76. The van der Waals surface area contributed by atoms with Crippen LogP contribution in [0.2, 0.25) is 0 Å². The first-order valence-electron chi connectivity index (χ1n) is 8.50. The lowest BCUT2D eigenvalue weighted by molar-refractivity contribution is -0.121. The number of benzene rings is 1. The molecular weight excluding hydrogens is 321 g/mol. The van der Waals surface area contributed by atoms with Crippen molar-refractivity contribution in [3.8, 4) is 0 Å². The summed E-state index contributed by atoms with van der Waals surface area (Å²) in [5.41, 5.74) is 1.56. The van der Waals surface area contributed by atoms with Crippen LogP contribution in [0.4, 0.5) is 10.2 Å². The van der Waals surface area contributed by atoms with Crippen molar-refractivity contribution in [1.29, 1.82) is 0 Å². The highest BCUT2D eigenvalue weighted by Crippen LogP contribution is 2.15. The van der Waals surface area contributed by atoms with E-state index < -0.39 is 0 Å². The van der Waals surface area contributed by atoms with Crippen molar-refractivity contribution in [3.05, 3.63) is 59.5 Å². The number of anilines is 1. The lowest BCUT2D eigenvalue weighted by Gasteiger charge is -2.28. The number of ether oxygens (including phenoxy) is 1. The summed E-state index contributed by atoms with van der Waals surface area (Å²) in [6.45, 7) is 3.30. The Morgan fingerprint density at radius 1 is 1.24 bits per heavy atom. The van der Waals surface area contributed by atoms with E-state index in [0.29, 0.717) is 31.6 Å². The van der Waals surface area contributed by atoms with Gasteiger partial charge in [0.2, 0.25) is 5.91 Å². The van der Waals surface area contributed by atoms with Gasteiger partial charge in [-0.2, -0.15) is 0 Å². The van der Waals surface area contributed by atoms with Gasteiger partial charge in [0, 0.05) is 37.8 Å². The van der Waals surface area contributed by atoms with Crippen LogP contribution in [0.25, 0.3) is 0 Å². The molecule has 0 spiro atoms. The summed E-state index contributed by atoms with van der Waals surface area (Å²) >= 11 is 0. The SMILES string of the molecule is O=C(CCc1ccnc(N2CCOCC2)c1)NCc1ccccc1F. The number of pyridine rings is 1.